The van der Waals surface area contributed by atoms with Gasteiger partial charge in [0.25, 0.3) is 6.43 Å². The molecule has 0 spiro atoms. The van der Waals surface area contributed by atoms with Gasteiger partial charge in [-0.25, -0.2) is 8.78 Å². The van der Waals surface area contributed by atoms with E-state index < -0.39 is 6.43 Å². The van der Waals surface area contributed by atoms with Crippen molar-refractivity contribution in [1.82, 2.24) is 20.4 Å². The molecule has 2 saturated heterocycles. The molecule has 2 aliphatic heterocycles. The molecule has 2 heterocycles. The van der Waals surface area contributed by atoms with Gasteiger partial charge in [-0.3, -0.25) is 14.8 Å². The van der Waals surface area contributed by atoms with Gasteiger partial charge in [0.2, 0.25) is 0 Å². The maximum atomic E-state index is 12.6. The van der Waals surface area contributed by atoms with Crippen molar-refractivity contribution in [3.05, 3.63) is 35.9 Å². The summed E-state index contributed by atoms with van der Waals surface area (Å²) in [5.74, 6) is 0.853. The molecular formula is C22H35F2N5. The highest BCUT2D eigenvalue weighted by Crippen LogP contribution is 2.20. The minimum absolute atomic E-state index is 0.111. The summed E-state index contributed by atoms with van der Waals surface area (Å²) < 4.78 is 25.1. The van der Waals surface area contributed by atoms with Crippen LogP contribution in [0.3, 0.4) is 0 Å². The van der Waals surface area contributed by atoms with Gasteiger partial charge in [0.05, 0.1) is 13.1 Å². The Morgan fingerprint density at radius 2 is 1.90 bits per heavy atom. The molecule has 7 heteroatoms. The highest BCUT2D eigenvalue weighted by atomic mass is 19.3. The Morgan fingerprint density at radius 3 is 2.59 bits per heavy atom. The number of hydrogen-bond donors (Lipinski definition) is 2. The number of alkyl halides is 2. The van der Waals surface area contributed by atoms with Crippen molar-refractivity contribution in [2.75, 3.05) is 39.3 Å². The molecule has 2 N–H and O–H groups in total. The first-order chi connectivity index (χ1) is 14.1. The number of nitrogens with zero attached hydrogens (tertiary/aromatic N) is 3. The molecule has 0 amide bonds. The van der Waals surface area contributed by atoms with Crippen LogP contribution < -0.4 is 10.6 Å². The summed E-state index contributed by atoms with van der Waals surface area (Å²) in [6, 6.07) is 11.4. The maximum Gasteiger partial charge on any atom is 0.251 e. The van der Waals surface area contributed by atoms with Crippen LogP contribution in [0.5, 0.6) is 0 Å². The molecule has 0 bridgehead atoms. The van der Waals surface area contributed by atoms with Crippen molar-refractivity contribution in [2.45, 2.75) is 57.7 Å². The monoisotopic (exact) mass is 407 g/mol. The third kappa shape index (κ3) is 7.23. The van der Waals surface area contributed by atoms with Crippen LogP contribution in [-0.2, 0) is 6.54 Å². The normalized spacial score (nSPS) is 22.3. The van der Waals surface area contributed by atoms with Crippen LogP contribution in [0.2, 0.25) is 0 Å². The zero-order valence-corrected chi connectivity index (χ0v) is 17.5. The molecular weight excluding hydrogens is 372 g/mol. The molecule has 2 fully saturated rings. The van der Waals surface area contributed by atoms with Crippen molar-refractivity contribution >= 4 is 5.96 Å². The van der Waals surface area contributed by atoms with E-state index in [4.69, 9.17) is 4.99 Å². The number of hydrogen-bond acceptors (Lipinski definition) is 3. The van der Waals surface area contributed by atoms with Gasteiger partial charge >= 0.3 is 0 Å². The Hall–Kier alpha value is -1.73. The van der Waals surface area contributed by atoms with Gasteiger partial charge in [-0.2, -0.15) is 0 Å². The Bertz CT molecular complexity index is 617. The average molecular weight is 408 g/mol. The minimum atomic E-state index is -2.25. The predicted molar refractivity (Wildman–Crippen MR) is 114 cm³/mol. The fraction of sp³-hybridized carbons (Fsp3) is 0.682. The van der Waals surface area contributed by atoms with Gasteiger partial charge < -0.3 is 10.6 Å². The third-order valence-electron chi connectivity index (χ3n) is 5.86. The summed E-state index contributed by atoms with van der Waals surface area (Å²) in [5.41, 5.74) is 1.35. The Kier molecular flexibility index (Phi) is 8.68. The second-order valence-corrected chi connectivity index (χ2v) is 8.08. The summed E-state index contributed by atoms with van der Waals surface area (Å²) >= 11 is 0. The Balaban J connectivity index is 1.49. The number of likely N-dealkylation sites (tertiary alicyclic amines) is 2. The maximum absolute atomic E-state index is 12.6. The van der Waals surface area contributed by atoms with E-state index in [9.17, 15) is 8.78 Å². The second kappa shape index (κ2) is 11.5. The van der Waals surface area contributed by atoms with Crippen molar-refractivity contribution < 1.29 is 8.78 Å². The first kappa shape index (κ1) is 22.0. The van der Waals surface area contributed by atoms with E-state index in [-0.39, 0.29) is 6.54 Å². The topological polar surface area (TPSA) is 42.9 Å². The van der Waals surface area contributed by atoms with Crippen molar-refractivity contribution in [3.63, 3.8) is 0 Å². The largest absolute Gasteiger partial charge is 0.357 e. The quantitative estimate of drug-likeness (QED) is 0.514. The van der Waals surface area contributed by atoms with Crippen molar-refractivity contribution in [2.24, 2.45) is 4.99 Å². The van der Waals surface area contributed by atoms with Gasteiger partial charge in [0.1, 0.15) is 0 Å². The smallest absolute Gasteiger partial charge is 0.251 e. The average Bonchev–Trinajstić information content (AvgIpc) is 3.15. The molecule has 3 rings (SSSR count). The highest BCUT2D eigenvalue weighted by Gasteiger charge is 2.25. The molecule has 0 saturated carbocycles. The molecule has 1 aromatic carbocycles. The summed E-state index contributed by atoms with van der Waals surface area (Å²) in [6.45, 7) is 7.10. The van der Waals surface area contributed by atoms with E-state index in [2.05, 4.69) is 52.8 Å². The fourth-order valence-electron chi connectivity index (χ4n) is 4.29. The predicted octanol–water partition coefficient (Wildman–Crippen LogP) is 2.94. The summed E-state index contributed by atoms with van der Waals surface area (Å²) in [6.07, 6.45) is 1.91. The van der Waals surface area contributed by atoms with Gasteiger partial charge in [0, 0.05) is 38.3 Å². The first-order valence-electron chi connectivity index (χ1n) is 11.0. The summed E-state index contributed by atoms with van der Waals surface area (Å²) in [4.78, 5) is 9.26. The lowest BCUT2D eigenvalue weighted by molar-refractivity contribution is 0.0744. The molecule has 162 valence electrons. The van der Waals surface area contributed by atoms with Crippen LogP contribution in [0.25, 0.3) is 0 Å². The first-order valence-corrected chi connectivity index (χ1v) is 11.0. The summed E-state index contributed by atoms with van der Waals surface area (Å²) in [7, 11) is 0. The lowest BCUT2D eigenvalue weighted by atomic mass is 10.1. The molecule has 1 atom stereocenters. The fourth-order valence-corrected chi connectivity index (χ4v) is 4.29. The third-order valence-corrected chi connectivity index (χ3v) is 5.86. The van der Waals surface area contributed by atoms with Crippen molar-refractivity contribution in [1.29, 1.82) is 0 Å². The molecule has 2 aliphatic rings. The van der Waals surface area contributed by atoms with Crippen LogP contribution >= 0.6 is 0 Å². The van der Waals surface area contributed by atoms with E-state index in [1.165, 1.54) is 18.4 Å². The van der Waals surface area contributed by atoms with Gasteiger partial charge in [0.15, 0.2) is 5.96 Å². The number of piperidine rings is 1. The van der Waals surface area contributed by atoms with Crippen LogP contribution in [0.4, 0.5) is 8.78 Å². The van der Waals surface area contributed by atoms with Gasteiger partial charge in [-0.15, -0.1) is 0 Å². The van der Waals surface area contributed by atoms with E-state index in [1.54, 1.807) is 0 Å². The molecule has 0 aromatic heterocycles. The minimum Gasteiger partial charge on any atom is -0.357 e. The van der Waals surface area contributed by atoms with E-state index in [0.717, 1.165) is 58.1 Å². The summed E-state index contributed by atoms with van der Waals surface area (Å²) in [5, 5.41) is 6.87. The molecule has 1 unspecified atom stereocenters. The Labute approximate surface area is 173 Å². The van der Waals surface area contributed by atoms with E-state index in [0.29, 0.717) is 12.1 Å². The number of nitrogens with one attached hydrogen (secondary N) is 2. The standard InChI is InChI=1S/C22H35F2N5/c1-2-25-22(27-19-10-13-28(14-11-19)17-21(23)24)26-15-20-9-6-12-29(20)16-18-7-4-3-5-8-18/h3-5,7-8,19-21H,2,6,9-17H2,1H3,(H2,25,26,27). The molecule has 29 heavy (non-hydrogen) atoms. The highest BCUT2D eigenvalue weighted by molar-refractivity contribution is 5.80. The van der Waals surface area contributed by atoms with Crippen LogP contribution in [0, 0.1) is 0 Å². The molecule has 1 aromatic rings. The van der Waals surface area contributed by atoms with E-state index >= 15 is 0 Å². The van der Waals surface area contributed by atoms with Crippen LogP contribution in [0.1, 0.15) is 38.2 Å². The number of rotatable bonds is 8. The van der Waals surface area contributed by atoms with Crippen molar-refractivity contribution in [3.8, 4) is 0 Å². The molecule has 0 aliphatic carbocycles. The number of guanidine groups is 1. The lowest BCUT2D eigenvalue weighted by Gasteiger charge is -2.33. The number of halogens is 2. The van der Waals surface area contributed by atoms with Crippen LogP contribution in [-0.4, -0.2) is 73.5 Å². The van der Waals surface area contributed by atoms with Gasteiger partial charge in [-0.05, 0) is 44.7 Å². The Morgan fingerprint density at radius 1 is 1.14 bits per heavy atom. The molecule has 0 radical (unpaired) electrons. The zero-order chi connectivity index (χ0) is 20.5. The van der Waals surface area contributed by atoms with Crippen LogP contribution in [0.15, 0.2) is 35.3 Å². The van der Waals surface area contributed by atoms with E-state index in [1.807, 2.05) is 4.90 Å². The SMILES string of the molecule is CCNC(=NCC1CCCN1Cc1ccccc1)NC1CCN(CC(F)F)CC1. The lowest BCUT2D eigenvalue weighted by Crippen LogP contribution is -2.49. The molecule has 5 nitrogen and oxygen atoms in total. The number of benzene rings is 1. The second-order valence-electron chi connectivity index (χ2n) is 8.08. The zero-order valence-electron chi connectivity index (χ0n) is 17.5. The van der Waals surface area contributed by atoms with Gasteiger partial charge in [-0.1, -0.05) is 30.3 Å². The number of aliphatic imine (C=N–C) groups is 1.